The molecule has 5 nitrogen and oxygen atoms in total. The van der Waals surface area contributed by atoms with Crippen molar-refractivity contribution in [3.63, 3.8) is 0 Å². The summed E-state index contributed by atoms with van der Waals surface area (Å²) in [6.07, 6.45) is 11.1. The van der Waals surface area contributed by atoms with E-state index in [2.05, 4.69) is 4.98 Å². The minimum atomic E-state index is -0.634. The molecule has 0 radical (unpaired) electrons. The maximum Gasteiger partial charge on any atom is 0.329 e. The molecule has 1 fully saturated rings. The second-order valence-electron chi connectivity index (χ2n) is 7.22. The minimum absolute atomic E-state index is 0.00463. The molecule has 134 valence electrons. The Morgan fingerprint density at radius 1 is 1.24 bits per heavy atom. The van der Waals surface area contributed by atoms with E-state index in [0.29, 0.717) is 0 Å². The number of thiophene rings is 1. The summed E-state index contributed by atoms with van der Waals surface area (Å²) in [5, 5.41) is 0.722. The quantitative estimate of drug-likeness (QED) is 0.782. The second-order valence-corrected chi connectivity index (χ2v) is 8.30. The zero-order valence-corrected chi connectivity index (χ0v) is 15.4. The van der Waals surface area contributed by atoms with E-state index in [4.69, 9.17) is 4.74 Å². The van der Waals surface area contributed by atoms with E-state index in [1.54, 1.807) is 18.3 Å². The van der Waals surface area contributed by atoms with Crippen LogP contribution in [-0.2, 0) is 22.4 Å². The van der Waals surface area contributed by atoms with Crippen LogP contribution in [0, 0.1) is 0 Å². The molecule has 2 aliphatic carbocycles. The number of fused-ring (bicyclic) bond motifs is 3. The lowest BCUT2D eigenvalue weighted by Crippen LogP contribution is -2.32. The Morgan fingerprint density at radius 3 is 2.80 bits per heavy atom. The summed E-state index contributed by atoms with van der Waals surface area (Å²) < 4.78 is 7.10. The van der Waals surface area contributed by atoms with Gasteiger partial charge >= 0.3 is 5.97 Å². The molecule has 0 bridgehead atoms. The first-order chi connectivity index (χ1) is 12.1. The van der Waals surface area contributed by atoms with Crippen molar-refractivity contribution in [1.82, 2.24) is 9.55 Å². The van der Waals surface area contributed by atoms with Crippen LogP contribution in [0.3, 0.4) is 0 Å². The van der Waals surface area contributed by atoms with Crippen molar-refractivity contribution in [2.24, 2.45) is 0 Å². The van der Waals surface area contributed by atoms with Crippen LogP contribution in [0.1, 0.15) is 68.4 Å². The lowest BCUT2D eigenvalue weighted by atomic mass is 9.97. The molecule has 0 aromatic carbocycles. The summed E-state index contributed by atoms with van der Waals surface area (Å²) >= 11 is 1.63. The molecule has 2 aromatic rings. The highest BCUT2D eigenvalue weighted by Gasteiger charge is 2.26. The van der Waals surface area contributed by atoms with Crippen LogP contribution < -0.4 is 5.56 Å². The number of rotatable bonds is 3. The molecular weight excluding hydrogens is 336 g/mol. The first-order valence-corrected chi connectivity index (χ1v) is 10.2. The van der Waals surface area contributed by atoms with Crippen molar-refractivity contribution >= 4 is 27.5 Å². The number of nitrogens with zero attached hydrogens (tertiary/aromatic N) is 2. The largest absolute Gasteiger partial charge is 0.461 e. The molecule has 2 aliphatic rings. The zero-order chi connectivity index (χ0) is 17.4. The molecule has 1 unspecified atom stereocenters. The van der Waals surface area contributed by atoms with Crippen LogP contribution >= 0.6 is 11.3 Å². The third-order valence-electron chi connectivity index (χ3n) is 5.49. The fraction of sp³-hybridized carbons (Fsp3) is 0.632. The van der Waals surface area contributed by atoms with Gasteiger partial charge in [-0.25, -0.2) is 9.78 Å². The van der Waals surface area contributed by atoms with Gasteiger partial charge in [-0.3, -0.25) is 9.36 Å². The normalized spacial score (nSPS) is 19.6. The van der Waals surface area contributed by atoms with Gasteiger partial charge in [-0.05, 0) is 63.9 Å². The monoisotopic (exact) mass is 360 g/mol. The molecule has 0 amide bonds. The summed E-state index contributed by atoms with van der Waals surface area (Å²) in [6.45, 7) is 1.74. The first-order valence-electron chi connectivity index (χ1n) is 9.37. The summed E-state index contributed by atoms with van der Waals surface area (Å²) in [5.74, 6) is -0.320. The van der Waals surface area contributed by atoms with E-state index in [1.807, 2.05) is 0 Å². The van der Waals surface area contributed by atoms with Crippen LogP contribution in [0.5, 0.6) is 0 Å². The molecule has 6 heteroatoms. The molecule has 2 heterocycles. The van der Waals surface area contributed by atoms with Crippen LogP contribution in [-0.4, -0.2) is 21.6 Å². The van der Waals surface area contributed by atoms with Gasteiger partial charge in [0.1, 0.15) is 17.0 Å². The fourth-order valence-electron chi connectivity index (χ4n) is 3.99. The number of carbonyl (C=O) groups is 1. The predicted molar refractivity (Wildman–Crippen MR) is 98.2 cm³/mol. The number of ether oxygens (including phenoxy) is 1. The number of aromatic nitrogens is 2. The maximum atomic E-state index is 13.0. The molecule has 1 atom stereocenters. The van der Waals surface area contributed by atoms with E-state index in [-0.39, 0.29) is 17.6 Å². The van der Waals surface area contributed by atoms with Gasteiger partial charge < -0.3 is 4.74 Å². The average molecular weight is 360 g/mol. The van der Waals surface area contributed by atoms with Crippen molar-refractivity contribution in [2.75, 3.05) is 0 Å². The highest BCUT2D eigenvalue weighted by atomic mass is 32.1. The van der Waals surface area contributed by atoms with E-state index in [9.17, 15) is 9.59 Å². The zero-order valence-electron chi connectivity index (χ0n) is 14.6. The summed E-state index contributed by atoms with van der Waals surface area (Å²) in [7, 11) is 0. The van der Waals surface area contributed by atoms with Gasteiger partial charge in [-0.1, -0.05) is 6.42 Å². The Hall–Kier alpha value is -1.69. The van der Waals surface area contributed by atoms with Crippen LogP contribution in [0.2, 0.25) is 0 Å². The second kappa shape index (κ2) is 6.90. The third kappa shape index (κ3) is 3.12. The number of carbonyl (C=O) groups excluding carboxylic acids is 1. The Labute approximate surface area is 151 Å². The molecule has 0 aliphatic heterocycles. The van der Waals surface area contributed by atoms with Gasteiger partial charge in [0.2, 0.25) is 0 Å². The maximum absolute atomic E-state index is 13.0. The summed E-state index contributed by atoms with van der Waals surface area (Å²) in [5.41, 5.74) is 1.06. The Kier molecular flexibility index (Phi) is 4.63. The smallest absolute Gasteiger partial charge is 0.329 e. The van der Waals surface area contributed by atoms with Gasteiger partial charge in [0.15, 0.2) is 0 Å². The van der Waals surface area contributed by atoms with Crippen molar-refractivity contribution < 1.29 is 9.53 Å². The summed E-state index contributed by atoms with van der Waals surface area (Å²) in [4.78, 5) is 32.1. The fourth-order valence-corrected chi connectivity index (χ4v) is 5.21. The van der Waals surface area contributed by atoms with Gasteiger partial charge in [-0.2, -0.15) is 0 Å². The molecule has 0 spiro atoms. The number of hydrogen-bond donors (Lipinski definition) is 0. The minimum Gasteiger partial charge on any atom is -0.461 e. The van der Waals surface area contributed by atoms with Crippen LogP contribution in [0.4, 0.5) is 0 Å². The average Bonchev–Trinajstić information content (AvgIpc) is 3.01. The van der Waals surface area contributed by atoms with Gasteiger partial charge in [-0.15, -0.1) is 11.3 Å². The first kappa shape index (κ1) is 16.8. The summed E-state index contributed by atoms with van der Waals surface area (Å²) in [6, 6.07) is -0.634. The Bertz CT molecular complexity index is 848. The van der Waals surface area contributed by atoms with E-state index >= 15 is 0 Å². The van der Waals surface area contributed by atoms with Gasteiger partial charge in [0.05, 0.1) is 11.7 Å². The topological polar surface area (TPSA) is 61.2 Å². The van der Waals surface area contributed by atoms with E-state index in [0.717, 1.165) is 60.7 Å². The third-order valence-corrected chi connectivity index (χ3v) is 6.69. The van der Waals surface area contributed by atoms with Crippen LogP contribution in [0.15, 0.2) is 11.1 Å². The van der Waals surface area contributed by atoms with Crippen molar-refractivity contribution in [2.45, 2.75) is 76.9 Å². The molecule has 0 N–H and O–H groups in total. The standard InChI is InChI=1S/C19H24N2O3S/c1-12(19(23)24-13-7-3-2-4-8-13)21-11-20-17-16(18(21)22)14-9-5-6-10-15(14)25-17/h11-13H,2-10H2,1H3. The lowest BCUT2D eigenvalue weighted by Gasteiger charge is -2.24. The van der Waals surface area contributed by atoms with E-state index in [1.165, 1.54) is 28.6 Å². The highest BCUT2D eigenvalue weighted by molar-refractivity contribution is 7.18. The number of hydrogen-bond acceptors (Lipinski definition) is 5. The van der Waals surface area contributed by atoms with Crippen molar-refractivity contribution in [3.8, 4) is 0 Å². The highest BCUT2D eigenvalue weighted by Crippen LogP contribution is 2.33. The molecular formula is C19H24N2O3S. The van der Waals surface area contributed by atoms with Gasteiger partial charge in [0.25, 0.3) is 5.56 Å². The molecule has 1 saturated carbocycles. The molecule has 25 heavy (non-hydrogen) atoms. The molecule has 0 saturated heterocycles. The number of aryl methyl sites for hydroxylation is 2. The van der Waals surface area contributed by atoms with Crippen molar-refractivity contribution in [1.29, 1.82) is 0 Å². The lowest BCUT2D eigenvalue weighted by molar-refractivity contribution is -0.154. The number of esters is 1. The van der Waals surface area contributed by atoms with Gasteiger partial charge in [0, 0.05) is 4.88 Å². The van der Waals surface area contributed by atoms with Crippen LogP contribution in [0.25, 0.3) is 10.2 Å². The Balaban J connectivity index is 1.63. The SMILES string of the molecule is CC(C(=O)OC1CCCCC1)n1cnc2sc3c(c2c1=O)CCCC3. The van der Waals surface area contributed by atoms with Crippen molar-refractivity contribution in [3.05, 3.63) is 27.1 Å². The molecule has 2 aromatic heterocycles. The predicted octanol–water partition coefficient (Wildman–Crippen LogP) is 3.77. The molecule has 4 rings (SSSR count). The van der Waals surface area contributed by atoms with E-state index < -0.39 is 6.04 Å². The Morgan fingerprint density at radius 2 is 2.00 bits per heavy atom.